The Hall–Kier alpha value is -1.76. The second kappa shape index (κ2) is 39.0. The summed E-state index contributed by atoms with van der Waals surface area (Å²) in [4.78, 5) is 25.8. The molecule has 388 valence electrons. The highest BCUT2D eigenvalue weighted by Crippen LogP contribution is 2.26. The molecule has 2 fully saturated rings. The molecular weight excluding hydrogens is 853 g/mol. The zero-order chi connectivity index (χ0) is 48.2. The van der Waals surface area contributed by atoms with Crippen LogP contribution < -0.4 is 0 Å². The third kappa shape index (κ3) is 26.8. The van der Waals surface area contributed by atoms with Crippen LogP contribution in [-0.4, -0.2) is 142 Å². The molecule has 2 saturated heterocycles. The second-order valence-electron chi connectivity index (χ2n) is 18.7. The number of hydrogen-bond donors (Lipinski definition) is 7. The van der Waals surface area contributed by atoms with Crippen molar-refractivity contribution < 1.29 is 73.8 Å². The molecule has 2 heterocycles. The molecule has 2 aliphatic heterocycles. The lowest BCUT2D eigenvalue weighted by Gasteiger charge is -2.42. The van der Waals surface area contributed by atoms with Gasteiger partial charge < -0.3 is 64.2 Å². The lowest BCUT2D eigenvalue weighted by molar-refractivity contribution is -0.332. The fourth-order valence-electron chi connectivity index (χ4n) is 8.39. The summed E-state index contributed by atoms with van der Waals surface area (Å²) in [5.41, 5.74) is 0. The van der Waals surface area contributed by atoms with E-state index >= 15 is 0 Å². The van der Waals surface area contributed by atoms with Gasteiger partial charge in [-0.25, -0.2) is 0 Å². The number of ether oxygens (including phenoxy) is 6. The van der Waals surface area contributed by atoms with Crippen LogP contribution in [0.25, 0.3) is 0 Å². The van der Waals surface area contributed by atoms with Crippen LogP contribution in [-0.2, 0) is 38.0 Å². The van der Waals surface area contributed by atoms with Gasteiger partial charge in [-0.2, -0.15) is 0 Å². The molecule has 0 radical (unpaired) electrons. The standard InChI is InChI=1S/C51H94O15/c1-3-5-7-9-11-13-15-17-19-21-23-25-27-29-31-33-42(53)61-36-39(64-43(54)34-32-30-28-26-24-22-20-18-16-14-12-10-8-6-4-2)37-62-50-49(60)47(58)45(56)41(66-50)38-63-51-48(59)46(57)44(55)40(35-52)65-51/h18,20,39-41,44-52,55-60H,3-17,19,21-38H2,1-2H3/b20-18-. The lowest BCUT2D eigenvalue weighted by Crippen LogP contribution is -2.61. The average Bonchev–Trinajstić information content (AvgIpc) is 3.31. The molecule has 0 spiro atoms. The minimum Gasteiger partial charge on any atom is -0.462 e. The third-order valence-electron chi connectivity index (χ3n) is 12.7. The van der Waals surface area contributed by atoms with Crippen LogP contribution in [0.3, 0.4) is 0 Å². The molecule has 0 amide bonds. The van der Waals surface area contributed by atoms with E-state index in [0.717, 1.165) is 57.8 Å². The summed E-state index contributed by atoms with van der Waals surface area (Å²) in [6.45, 7) is 2.60. The minimum atomic E-state index is -1.76. The molecule has 0 bridgehead atoms. The van der Waals surface area contributed by atoms with Crippen molar-refractivity contribution in [1.82, 2.24) is 0 Å². The van der Waals surface area contributed by atoms with Gasteiger partial charge in [0.05, 0.1) is 19.8 Å². The maximum atomic E-state index is 13.0. The van der Waals surface area contributed by atoms with Crippen LogP contribution in [0.2, 0.25) is 0 Å². The SMILES string of the molecule is CCCCCCCC/C=C\CCCCCCCC(=O)OC(COC(=O)CCCCCCCCCCCCCCCCC)COC1OC(COC2OC(CO)C(O)C(O)C2O)C(O)C(O)C1O. The molecule has 7 N–H and O–H groups in total. The van der Waals surface area contributed by atoms with Gasteiger partial charge in [0.2, 0.25) is 0 Å². The van der Waals surface area contributed by atoms with E-state index in [4.69, 9.17) is 28.4 Å². The van der Waals surface area contributed by atoms with Crippen LogP contribution in [0, 0.1) is 0 Å². The van der Waals surface area contributed by atoms with E-state index in [1.165, 1.54) is 109 Å². The van der Waals surface area contributed by atoms with Gasteiger partial charge in [0, 0.05) is 12.8 Å². The molecule has 11 unspecified atom stereocenters. The number of rotatable bonds is 41. The molecule has 0 aromatic carbocycles. The van der Waals surface area contributed by atoms with E-state index in [2.05, 4.69) is 26.0 Å². The van der Waals surface area contributed by atoms with Crippen molar-refractivity contribution in [2.75, 3.05) is 26.4 Å². The van der Waals surface area contributed by atoms with E-state index in [-0.39, 0.29) is 26.1 Å². The predicted octanol–water partition coefficient (Wildman–Crippen LogP) is 7.38. The lowest BCUT2D eigenvalue weighted by atomic mass is 9.98. The van der Waals surface area contributed by atoms with Gasteiger partial charge >= 0.3 is 11.9 Å². The third-order valence-corrected chi connectivity index (χ3v) is 12.7. The normalized spacial score (nSPS) is 26.2. The quantitative estimate of drug-likeness (QED) is 0.0180. The van der Waals surface area contributed by atoms with Gasteiger partial charge in [-0.15, -0.1) is 0 Å². The van der Waals surface area contributed by atoms with Gasteiger partial charge in [0.15, 0.2) is 18.7 Å². The Morgan fingerprint density at radius 3 is 1.33 bits per heavy atom. The fraction of sp³-hybridized carbons (Fsp3) is 0.922. The monoisotopic (exact) mass is 947 g/mol. The molecule has 0 aromatic rings. The Kier molecular flexibility index (Phi) is 35.7. The number of carbonyl (C=O) groups excluding carboxylic acids is 2. The number of esters is 2. The first-order valence-corrected chi connectivity index (χ1v) is 26.3. The zero-order valence-electron chi connectivity index (χ0n) is 40.9. The van der Waals surface area contributed by atoms with Crippen molar-refractivity contribution in [3.63, 3.8) is 0 Å². The first-order chi connectivity index (χ1) is 32.0. The smallest absolute Gasteiger partial charge is 0.306 e. The highest BCUT2D eigenvalue weighted by Gasteiger charge is 2.47. The molecule has 2 aliphatic rings. The number of unbranched alkanes of at least 4 members (excludes halogenated alkanes) is 25. The highest BCUT2D eigenvalue weighted by molar-refractivity contribution is 5.70. The predicted molar refractivity (Wildman–Crippen MR) is 252 cm³/mol. The molecule has 0 saturated carbocycles. The maximum Gasteiger partial charge on any atom is 0.306 e. The van der Waals surface area contributed by atoms with E-state index in [1.807, 2.05) is 0 Å². The van der Waals surface area contributed by atoms with Gasteiger partial charge in [-0.05, 0) is 38.5 Å². The number of aliphatic hydroxyl groups excluding tert-OH is 7. The summed E-state index contributed by atoms with van der Waals surface area (Å²) in [6.07, 6.45) is 20.9. The second-order valence-corrected chi connectivity index (χ2v) is 18.7. The van der Waals surface area contributed by atoms with Crippen molar-refractivity contribution in [1.29, 1.82) is 0 Å². The van der Waals surface area contributed by atoms with E-state index in [1.54, 1.807) is 0 Å². The molecule has 11 atom stereocenters. The van der Waals surface area contributed by atoms with Gasteiger partial charge in [-0.1, -0.05) is 167 Å². The first-order valence-electron chi connectivity index (χ1n) is 26.3. The molecule has 0 aromatic heterocycles. The van der Waals surface area contributed by atoms with Crippen molar-refractivity contribution in [3.8, 4) is 0 Å². The Labute approximate surface area is 397 Å². The summed E-state index contributed by atoms with van der Waals surface area (Å²) in [6, 6.07) is 0. The topological polar surface area (TPSA) is 231 Å². The summed E-state index contributed by atoms with van der Waals surface area (Å²) in [5.74, 6) is -0.924. The zero-order valence-corrected chi connectivity index (χ0v) is 40.9. The van der Waals surface area contributed by atoms with E-state index < -0.39 is 92.7 Å². The Bertz CT molecular complexity index is 1210. The molecule has 2 rings (SSSR count). The Morgan fingerprint density at radius 2 is 0.864 bits per heavy atom. The Balaban J connectivity index is 1.80. The average molecular weight is 947 g/mol. The van der Waals surface area contributed by atoms with Crippen molar-refractivity contribution >= 4 is 11.9 Å². The van der Waals surface area contributed by atoms with Crippen LogP contribution in [0.5, 0.6) is 0 Å². The Morgan fingerprint density at radius 1 is 0.470 bits per heavy atom. The number of aliphatic hydroxyl groups is 7. The van der Waals surface area contributed by atoms with Crippen LogP contribution >= 0.6 is 0 Å². The first kappa shape index (κ1) is 60.4. The van der Waals surface area contributed by atoms with Gasteiger partial charge in [-0.3, -0.25) is 9.59 Å². The van der Waals surface area contributed by atoms with Crippen molar-refractivity contribution in [2.24, 2.45) is 0 Å². The van der Waals surface area contributed by atoms with Gasteiger partial charge in [0.1, 0.15) is 55.4 Å². The largest absolute Gasteiger partial charge is 0.462 e. The summed E-state index contributed by atoms with van der Waals surface area (Å²) in [7, 11) is 0. The van der Waals surface area contributed by atoms with Crippen LogP contribution in [0.1, 0.15) is 206 Å². The maximum absolute atomic E-state index is 13.0. The summed E-state index contributed by atoms with van der Waals surface area (Å²) < 4.78 is 33.6. The van der Waals surface area contributed by atoms with Crippen LogP contribution in [0.4, 0.5) is 0 Å². The van der Waals surface area contributed by atoms with Crippen LogP contribution in [0.15, 0.2) is 12.2 Å². The van der Waals surface area contributed by atoms with Crippen molar-refractivity contribution in [2.45, 2.75) is 274 Å². The van der Waals surface area contributed by atoms with Crippen molar-refractivity contribution in [3.05, 3.63) is 12.2 Å². The van der Waals surface area contributed by atoms with E-state index in [9.17, 15) is 45.3 Å². The summed E-state index contributed by atoms with van der Waals surface area (Å²) >= 11 is 0. The molecule has 15 nitrogen and oxygen atoms in total. The highest BCUT2D eigenvalue weighted by atomic mass is 16.7. The molecule has 15 heteroatoms. The summed E-state index contributed by atoms with van der Waals surface area (Å²) in [5, 5.41) is 72.1. The minimum absolute atomic E-state index is 0.159. The number of carbonyl (C=O) groups is 2. The fourth-order valence-corrected chi connectivity index (χ4v) is 8.39. The molecule has 66 heavy (non-hydrogen) atoms. The molecular formula is C51H94O15. The van der Waals surface area contributed by atoms with E-state index in [0.29, 0.717) is 12.8 Å². The van der Waals surface area contributed by atoms with Gasteiger partial charge in [0.25, 0.3) is 0 Å². The number of allylic oxidation sites excluding steroid dienone is 2. The number of hydrogen-bond acceptors (Lipinski definition) is 15. The molecule has 0 aliphatic carbocycles.